The summed E-state index contributed by atoms with van der Waals surface area (Å²) >= 11 is 0. The van der Waals surface area contributed by atoms with Crippen LogP contribution in [-0.4, -0.2) is 37.5 Å². The molecule has 0 bridgehead atoms. The van der Waals surface area contributed by atoms with Crippen molar-refractivity contribution in [3.05, 3.63) is 65.0 Å². The van der Waals surface area contributed by atoms with E-state index in [0.717, 1.165) is 85.0 Å². The quantitative estimate of drug-likeness (QED) is 0.438. The molecule has 1 saturated heterocycles. The number of anilines is 2. The first-order chi connectivity index (χ1) is 16.5. The molecule has 5 rings (SSSR count). The zero-order chi connectivity index (χ0) is 23.7. The van der Waals surface area contributed by atoms with Gasteiger partial charge in [-0.25, -0.2) is 0 Å². The summed E-state index contributed by atoms with van der Waals surface area (Å²) in [5.74, 6) is 0.831. The zero-order valence-electron chi connectivity index (χ0n) is 20.2. The van der Waals surface area contributed by atoms with Crippen LogP contribution in [0.1, 0.15) is 41.8 Å². The van der Waals surface area contributed by atoms with Crippen molar-refractivity contribution < 1.29 is 9.26 Å². The van der Waals surface area contributed by atoms with Gasteiger partial charge in [0.25, 0.3) is 0 Å². The maximum absolute atomic E-state index is 9.59. The van der Waals surface area contributed by atoms with E-state index in [0.29, 0.717) is 6.10 Å². The minimum atomic E-state index is -0.271. The molecule has 3 aromatic rings. The van der Waals surface area contributed by atoms with Crippen LogP contribution in [0.2, 0.25) is 0 Å². The molecule has 1 aliphatic carbocycles. The minimum absolute atomic E-state index is 0.271. The molecule has 2 heterocycles. The van der Waals surface area contributed by atoms with Crippen molar-refractivity contribution in [1.29, 1.82) is 5.26 Å². The van der Waals surface area contributed by atoms with Crippen LogP contribution < -0.4 is 10.2 Å². The molecule has 2 aliphatic rings. The van der Waals surface area contributed by atoms with Crippen LogP contribution in [-0.2, 0) is 10.2 Å². The van der Waals surface area contributed by atoms with E-state index in [4.69, 9.17) is 9.26 Å². The number of nitrogens with one attached hydrogen (secondary N) is 1. The van der Waals surface area contributed by atoms with E-state index >= 15 is 0 Å². The lowest BCUT2D eigenvalue weighted by molar-refractivity contribution is 0.0186. The Morgan fingerprint density at radius 1 is 1.15 bits per heavy atom. The molecule has 0 amide bonds. The van der Waals surface area contributed by atoms with Gasteiger partial charge in [-0.05, 0) is 74.9 Å². The monoisotopic (exact) mass is 456 g/mol. The number of nitrogens with zero attached hydrogens (tertiary/aromatic N) is 3. The third-order valence-corrected chi connectivity index (χ3v) is 7.14. The van der Waals surface area contributed by atoms with Crippen molar-refractivity contribution in [3.8, 4) is 17.2 Å². The Kier molecular flexibility index (Phi) is 6.16. The molecule has 6 heteroatoms. The van der Waals surface area contributed by atoms with Gasteiger partial charge >= 0.3 is 0 Å². The third-order valence-electron chi connectivity index (χ3n) is 7.14. The predicted molar refractivity (Wildman–Crippen MR) is 133 cm³/mol. The van der Waals surface area contributed by atoms with Gasteiger partial charge in [0.2, 0.25) is 0 Å². The molecule has 34 heavy (non-hydrogen) atoms. The van der Waals surface area contributed by atoms with Crippen LogP contribution in [0.5, 0.6) is 0 Å². The molecule has 0 atom stereocenters. The molecule has 6 nitrogen and oxygen atoms in total. The van der Waals surface area contributed by atoms with Gasteiger partial charge in [-0.2, -0.15) is 5.26 Å². The summed E-state index contributed by atoms with van der Waals surface area (Å²) in [6.45, 7) is 9.57. The second-order valence-electron chi connectivity index (χ2n) is 9.60. The van der Waals surface area contributed by atoms with E-state index in [-0.39, 0.29) is 5.41 Å². The smallest absolute Gasteiger partial charge is 0.141 e. The van der Waals surface area contributed by atoms with E-state index in [1.807, 2.05) is 13.8 Å². The van der Waals surface area contributed by atoms with Crippen LogP contribution >= 0.6 is 0 Å². The standard InChI is InChI=1S/C28H32N4O2/c1-19-5-6-22(27-20(2)31-34-21(27)3)15-26(19)32(13-4-14-33-25-16-30-17-25)24-9-7-23(8-10-24)28(18-29)11-12-28/h5-10,15,25,30H,4,11-14,16-17H2,1-3H3. The van der Waals surface area contributed by atoms with Crippen molar-refractivity contribution in [2.45, 2.75) is 51.6 Å². The lowest BCUT2D eigenvalue weighted by Gasteiger charge is -2.30. The summed E-state index contributed by atoms with van der Waals surface area (Å²) in [5, 5.41) is 17.0. The molecule has 1 N–H and O–H groups in total. The highest BCUT2D eigenvalue weighted by molar-refractivity contribution is 5.76. The highest BCUT2D eigenvalue weighted by Gasteiger charge is 2.44. The van der Waals surface area contributed by atoms with Gasteiger partial charge in [0.1, 0.15) is 5.76 Å². The fraction of sp³-hybridized carbons (Fsp3) is 0.429. The molecular weight excluding hydrogens is 424 g/mol. The molecule has 2 fully saturated rings. The van der Waals surface area contributed by atoms with Crippen LogP contribution in [0.15, 0.2) is 47.0 Å². The lowest BCUT2D eigenvalue weighted by atomic mass is 9.97. The van der Waals surface area contributed by atoms with Crippen LogP contribution in [0.3, 0.4) is 0 Å². The average Bonchev–Trinajstić information content (AvgIpc) is 3.55. The SMILES string of the molecule is Cc1ccc(-c2c(C)noc2C)cc1N(CCCOC1CNC1)c1ccc(C2(C#N)CC2)cc1. The number of aromatic nitrogens is 1. The third kappa shape index (κ3) is 4.34. The summed E-state index contributed by atoms with van der Waals surface area (Å²) in [4.78, 5) is 2.37. The Hall–Kier alpha value is -3.14. The number of rotatable bonds is 9. The average molecular weight is 457 g/mol. The minimum Gasteiger partial charge on any atom is -0.376 e. The van der Waals surface area contributed by atoms with Gasteiger partial charge in [0, 0.05) is 43.2 Å². The lowest BCUT2D eigenvalue weighted by Crippen LogP contribution is -2.48. The van der Waals surface area contributed by atoms with Crippen LogP contribution in [0.25, 0.3) is 11.1 Å². The Balaban J connectivity index is 1.45. The summed E-state index contributed by atoms with van der Waals surface area (Å²) < 4.78 is 11.4. The maximum atomic E-state index is 9.59. The van der Waals surface area contributed by atoms with Crippen molar-refractivity contribution in [2.75, 3.05) is 31.1 Å². The highest BCUT2D eigenvalue weighted by Crippen LogP contribution is 2.48. The van der Waals surface area contributed by atoms with Crippen molar-refractivity contribution in [3.63, 3.8) is 0 Å². The van der Waals surface area contributed by atoms with E-state index in [1.165, 1.54) is 5.56 Å². The van der Waals surface area contributed by atoms with E-state index in [2.05, 4.69) is 70.8 Å². The van der Waals surface area contributed by atoms with Gasteiger partial charge in [0.05, 0.1) is 23.3 Å². The second kappa shape index (κ2) is 9.25. The molecule has 0 unspecified atom stereocenters. The Morgan fingerprint density at radius 2 is 1.91 bits per heavy atom. The van der Waals surface area contributed by atoms with Crippen molar-refractivity contribution in [1.82, 2.24) is 10.5 Å². The fourth-order valence-corrected chi connectivity index (χ4v) is 4.74. The number of benzene rings is 2. The zero-order valence-corrected chi connectivity index (χ0v) is 20.2. The molecule has 0 spiro atoms. The Bertz CT molecular complexity index is 1180. The van der Waals surface area contributed by atoms with Gasteiger partial charge in [-0.3, -0.25) is 0 Å². The number of aryl methyl sites for hydroxylation is 3. The number of ether oxygens (including phenoxy) is 1. The van der Waals surface area contributed by atoms with Crippen molar-refractivity contribution >= 4 is 11.4 Å². The largest absolute Gasteiger partial charge is 0.376 e. The molecule has 1 saturated carbocycles. The Morgan fingerprint density at radius 3 is 2.50 bits per heavy atom. The van der Waals surface area contributed by atoms with Crippen LogP contribution in [0, 0.1) is 32.1 Å². The molecule has 1 aliphatic heterocycles. The second-order valence-corrected chi connectivity index (χ2v) is 9.60. The van der Waals surface area contributed by atoms with Gasteiger partial charge in [0.15, 0.2) is 0 Å². The van der Waals surface area contributed by atoms with Crippen molar-refractivity contribution in [2.24, 2.45) is 0 Å². The molecule has 1 aromatic heterocycles. The molecular formula is C28H32N4O2. The number of nitriles is 1. The summed E-state index contributed by atoms with van der Waals surface area (Å²) in [7, 11) is 0. The fourth-order valence-electron chi connectivity index (χ4n) is 4.74. The summed E-state index contributed by atoms with van der Waals surface area (Å²) in [6.07, 6.45) is 3.19. The molecule has 176 valence electrons. The molecule has 2 aromatic carbocycles. The maximum Gasteiger partial charge on any atom is 0.141 e. The first-order valence-corrected chi connectivity index (χ1v) is 12.2. The van der Waals surface area contributed by atoms with E-state index in [9.17, 15) is 5.26 Å². The van der Waals surface area contributed by atoms with Crippen LogP contribution in [0.4, 0.5) is 11.4 Å². The summed E-state index contributed by atoms with van der Waals surface area (Å²) in [5.41, 5.74) is 7.42. The first kappa shape index (κ1) is 22.6. The first-order valence-electron chi connectivity index (χ1n) is 12.2. The van der Waals surface area contributed by atoms with Gasteiger partial charge in [-0.15, -0.1) is 0 Å². The summed E-state index contributed by atoms with van der Waals surface area (Å²) in [6, 6.07) is 17.6. The van der Waals surface area contributed by atoms with E-state index in [1.54, 1.807) is 0 Å². The van der Waals surface area contributed by atoms with Gasteiger partial charge < -0.3 is 19.5 Å². The Labute approximate surface area is 201 Å². The van der Waals surface area contributed by atoms with E-state index < -0.39 is 0 Å². The topological polar surface area (TPSA) is 74.3 Å². The predicted octanol–water partition coefficient (Wildman–Crippen LogP) is 5.34. The van der Waals surface area contributed by atoms with Gasteiger partial charge in [-0.1, -0.05) is 29.4 Å². The molecule has 0 radical (unpaired) electrons. The normalized spacial score (nSPS) is 16.6. The highest BCUT2D eigenvalue weighted by atomic mass is 16.5. The number of hydrogen-bond donors (Lipinski definition) is 1. The number of hydrogen-bond acceptors (Lipinski definition) is 6.